The van der Waals surface area contributed by atoms with E-state index in [0.717, 1.165) is 16.9 Å². The first-order chi connectivity index (χ1) is 18.9. The molecule has 3 aliphatic heterocycles. The van der Waals surface area contributed by atoms with E-state index in [-0.39, 0.29) is 30.7 Å². The van der Waals surface area contributed by atoms with Crippen molar-refractivity contribution in [2.75, 3.05) is 39.8 Å². The molecule has 3 heterocycles. The van der Waals surface area contributed by atoms with E-state index < -0.39 is 0 Å². The lowest BCUT2D eigenvalue weighted by Gasteiger charge is -2.35. The zero-order chi connectivity index (χ0) is 27.4. The first-order valence-corrected chi connectivity index (χ1v) is 14.4. The molecule has 2 fully saturated rings. The molecule has 0 N–H and O–H groups in total. The minimum atomic E-state index is -0.234. The maximum atomic E-state index is 12.9. The molecule has 2 saturated heterocycles. The first kappa shape index (κ1) is 27.2. The fourth-order valence-corrected chi connectivity index (χ4v) is 6.56. The van der Waals surface area contributed by atoms with Gasteiger partial charge in [0.25, 0.3) is 11.8 Å². The van der Waals surface area contributed by atoms with Gasteiger partial charge in [-0.3, -0.25) is 19.3 Å². The van der Waals surface area contributed by atoms with Crippen molar-refractivity contribution in [2.24, 2.45) is 4.99 Å². The highest BCUT2D eigenvalue weighted by atomic mass is 32.2. The van der Waals surface area contributed by atoms with Crippen LogP contribution in [0, 0.1) is 0 Å². The van der Waals surface area contributed by atoms with Gasteiger partial charge in [0.15, 0.2) is 5.17 Å². The second-order valence-electron chi connectivity index (χ2n) is 8.95. The number of nitrogens with zero attached hydrogens (tertiary/aromatic N) is 4. The summed E-state index contributed by atoms with van der Waals surface area (Å²) in [6.45, 7) is 2.48. The number of aliphatic imine (C=N–C) groups is 1. The number of amides is 3. The number of piperazine rings is 1. The first-order valence-electron chi connectivity index (χ1n) is 12.4. The van der Waals surface area contributed by atoms with Crippen LogP contribution >= 0.6 is 35.7 Å². The molecule has 0 saturated carbocycles. The molecule has 2 aromatic carbocycles. The molecule has 5 rings (SSSR count). The summed E-state index contributed by atoms with van der Waals surface area (Å²) < 4.78 is 5.63. The number of ether oxygens (including phenoxy) is 1. The third kappa shape index (κ3) is 6.43. The van der Waals surface area contributed by atoms with E-state index in [0.29, 0.717) is 45.5 Å². The molecule has 3 aliphatic rings. The monoisotopic (exact) mass is 578 g/mol. The van der Waals surface area contributed by atoms with Crippen LogP contribution in [0.1, 0.15) is 17.5 Å². The summed E-state index contributed by atoms with van der Waals surface area (Å²) in [5.41, 5.74) is 1.83. The lowest BCUT2D eigenvalue weighted by molar-refractivity contribution is -0.133. The number of rotatable bonds is 6. The fraction of sp³-hybridized carbons (Fsp3) is 0.250. The topological polar surface area (TPSA) is 82.5 Å². The van der Waals surface area contributed by atoms with E-state index in [4.69, 9.17) is 17.0 Å². The Morgan fingerprint density at radius 1 is 0.949 bits per heavy atom. The molecule has 0 radical (unpaired) electrons. The van der Waals surface area contributed by atoms with Gasteiger partial charge in [-0.05, 0) is 47.2 Å². The van der Waals surface area contributed by atoms with Crippen LogP contribution in [0.5, 0.6) is 5.75 Å². The van der Waals surface area contributed by atoms with Crippen LogP contribution in [-0.4, -0.2) is 81.7 Å². The lowest BCUT2D eigenvalue weighted by Crippen LogP contribution is -2.50. The van der Waals surface area contributed by atoms with Gasteiger partial charge in [0.05, 0.1) is 16.9 Å². The molecule has 200 valence electrons. The highest BCUT2D eigenvalue weighted by Crippen LogP contribution is 2.33. The van der Waals surface area contributed by atoms with Gasteiger partial charge < -0.3 is 14.5 Å². The van der Waals surface area contributed by atoms with Gasteiger partial charge in [0.1, 0.15) is 10.1 Å². The lowest BCUT2D eigenvalue weighted by atomic mass is 10.2. The molecule has 0 spiro atoms. The van der Waals surface area contributed by atoms with Crippen LogP contribution in [0.15, 0.2) is 69.4 Å². The molecule has 0 unspecified atom stereocenters. The third-order valence-electron chi connectivity index (χ3n) is 6.45. The van der Waals surface area contributed by atoms with E-state index in [9.17, 15) is 14.4 Å². The quantitative estimate of drug-likeness (QED) is 0.375. The molecule has 0 aliphatic carbocycles. The molecular formula is C28H26N4O4S3. The molecule has 0 aromatic heterocycles. The smallest absolute Gasteiger partial charge is 0.286 e. The minimum absolute atomic E-state index is 0.0235. The van der Waals surface area contributed by atoms with Gasteiger partial charge in [-0.15, -0.1) is 0 Å². The molecule has 3 amide bonds. The largest absolute Gasteiger partial charge is 0.497 e. The molecule has 39 heavy (non-hydrogen) atoms. The van der Waals surface area contributed by atoms with Gasteiger partial charge in [-0.2, -0.15) is 4.99 Å². The van der Waals surface area contributed by atoms with Crippen LogP contribution in [0.3, 0.4) is 0 Å². The number of methoxy groups -OCH3 is 1. The van der Waals surface area contributed by atoms with Gasteiger partial charge in [0, 0.05) is 39.1 Å². The normalized spacial score (nSPS) is 19.9. The maximum absolute atomic E-state index is 12.9. The van der Waals surface area contributed by atoms with E-state index in [2.05, 4.69) is 4.99 Å². The van der Waals surface area contributed by atoms with Crippen molar-refractivity contribution in [1.82, 2.24) is 14.7 Å². The van der Waals surface area contributed by atoms with Crippen molar-refractivity contribution in [3.8, 4) is 5.75 Å². The van der Waals surface area contributed by atoms with Gasteiger partial charge in [-0.25, -0.2) is 0 Å². The second kappa shape index (κ2) is 12.2. The molecular weight excluding hydrogens is 553 g/mol. The summed E-state index contributed by atoms with van der Waals surface area (Å²) >= 11 is 8.04. The van der Waals surface area contributed by atoms with Crippen LogP contribution < -0.4 is 4.74 Å². The Hall–Kier alpha value is -3.41. The van der Waals surface area contributed by atoms with Crippen molar-refractivity contribution in [3.05, 3.63) is 75.5 Å². The van der Waals surface area contributed by atoms with Crippen LogP contribution in [0.25, 0.3) is 12.2 Å². The van der Waals surface area contributed by atoms with Crippen molar-refractivity contribution in [2.45, 2.75) is 6.42 Å². The number of thiocarbonyl (C=S) groups is 1. The van der Waals surface area contributed by atoms with E-state index in [1.807, 2.05) is 65.6 Å². The van der Waals surface area contributed by atoms with Crippen molar-refractivity contribution >= 4 is 75.1 Å². The Morgan fingerprint density at radius 2 is 1.62 bits per heavy atom. The standard InChI is InChI=1S/C28H26N4O4S3/c1-36-21-9-7-20(8-10-21)18-23-26(35)32(28(37)39-23)12-11-24(33)30-13-15-31(16-14-30)27-29-25(34)22(38-27)17-19-5-3-2-4-6-19/h2-10,17-18H,11-16H2,1H3/b22-17+,23-18+. The van der Waals surface area contributed by atoms with Crippen molar-refractivity contribution < 1.29 is 19.1 Å². The van der Waals surface area contributed by atoms with E-state index in [1.54, 1.807) is 18.1 Å². The summed E-state index contributed by atoms with van der Waals surface area (Å²) in [5.74, 6) is 0.303. The molecule has 11 heteroatoms. The number of carbonyl (C=O) groups is 3. The zero-order valence-electron chi connectivity index (χ0n) is 21.2. The van der Waals surface area contributed by atoms with Gasteiger partial charge in [-0.1, -0.05) is 66.4 Å². The molecule has 8 nitrogen and oxygen atoms in total. The second-order valence-corrected chi connectivity index (χ2v) is 11.6. The van der Waals surface area contributed by atoms with Crippen LogP contribution in [0.4, 0.5) is 0 Å². The number of carbonyl (C=O) groups excluding carboxylic acids is 3. The number of amidine groups is 1. The highest BCUT2D eigenvalue weighted by molar-refractivity contribution is 8.26. The summed E-state index contributed by atoms with van der Waals surface area (Å²) in [6, 6.07) is 17.1. The molecule has 2 aromatic rings. The van der Waals surface area contributed by atoms with Crippen molar-refractivity contribution in [3.63, 3.8) is 0 Å². The summed E-state index contributed by atoms with van der Waals surface area (Å²) in [5, 5.41) is 0.676. The number of hydrogen-bond donors (Lipinski definition) is 0. The van der Waals surface area contributed by atoms with Gasteiger partial charge >= 0.3 is 0 Å². The SMILES string of the molecule is COc1ccc(/C=C2/SC(=S)N(CCC(=O)N3CCN(C4=NC(=O)/C(=C\c5ccccc5)S4)CC3)C2=O)cc1. The number of benzene rings is 2. The van der Waals surface area contributed by atoms with Crippen molar-refractivity contribution in [1.29, 1.82) is 0 Å². The Labute approximate surface area is 240 Å². The number of hydrogen-bond acceptors (Lipinski definition) is 8. The van der Waals surface area contributed by atoms with E-state index >= 15 is 0 Å². The predicted octanol–water partition coefficient (Wildman–Crippen LogP) is 4.10. The van der Waals surface area contributed by atoms with Crippen LogP contribution in [-0.2, 0) is 14.4 Å². The zero-order valence-corrected chi connectivity index (χ0v) is 23.7. The van der Waals surface area contributed by atoms with Crippen LogP contribution in [0.2, 0.25) is 0 Å². The molecule has 0 bridgehead atoms. The Kier molecular flexibility index (Phi) is 8.49. The number of thioether (sulfide) groups is 2. The minimum Gasteiger partial charge on any atom is -0.497 e. The summed E-state index contributed by atoms with van der Waals surface area (Å²) in [7, 11) is 1.60. The predicted molar refractivity (Wildman–Crippen MR) is 160 cm³/mol. The fourth-order valence-electron chi connectivity index (χ4n) is 4.29. The van der Waals surface area contributed by atoms with Gasteiger partial charge in [0.2, 0.25) is 5.91 Å². The molecule has 0 atom stereocenters. The Bertz CT molecular complexity index is 1380. The highest BCUT2D eigenvalue weighted by Gasteiger charge is 2.33. The average molecular weight is 579 g/mol. The average Bonchev–Trinajstić information content (AvgIpc) is 3.45. The third-order valence-corrected chi connectivity index (χ3v) is 8.87. The Balaban J connectivity index is 1.11. The Morgan fingerprint density at radius 3 is 2.31 bits per heavy atom. The summed E-state index contributed by atoms with van der Waals surface area (Å²) in [4.78, 5) is 49.0. The maximum Gasteiger partial charge on any atom is 0.286 e. The van der Waals surface area contributed by atoms with E-state index in [1.165, 1.54) is 28.4 Å². The summed E-state index contributed by atoms with van der Waals surface area (Å²) in [6.07, 6.45) is 3.85.